The number of carbonyl (C=O) groups is 1. The highest BCUT2D eigenvalue weighted by molar-refractivity contribution is 5.74. The van der Waals surface area contributed by atoms with Gasteiger partial charge in [0.05, 0.1) is 42.5 Å². The van der Waals surface area contributed by atoms with Gasteiger partial charge < -0.3 is 30.3 Å². The Morgan fingerprint density at radius 1 is 1.07 bits per heavy atom. The zero-order valence-electron chi connectivity index (χ0n) is 17.5. The quantitative estimate of drug-likeness (QED) is 0.433. The van der Waals surface area contributed by atoms with Crippen molar-refractivity contribution in [3.05, 3.63) is 0 Å². The Kier molecular flexibility index (Phi) is 5.11. The molecule has 0 amide bonds. The van der Waals surface area contributed by atoms with E-state index in [0.717, 1.165) is 0 Å². The molecule has 0 bridgehead atoms. The summed E-state index contributed by atoms with van der Waals surface area (Å²) in [4.78, 5) is 12.6. The molecule has 29 heavy (non-hydrogen) atoms. The molecule has 4 saturated carbocycles. The molecule has 0 saturated heterocycles. The van der Waals surface area contributed by atoms with E-state index in [-0.39, 0.29) is 37.9 Å². The lowest BCUT2D eigenvalue weighted by Gasteiger charge is -2.67. The molecular weight excluding hydrogens is 376 g/mol. The molecule has 0 aromatic rings. The van der Waals surface area contributed by atoms with Gasteiger partial charge in [0, 0.05) is 23.2 Å². The van der Waals surface area contributed by atoms with Crippen LogP contribution in [0.5, 0.6) is 0 Å². The van der Waals surface area contributed by atoms with E-state index in [2.05, 4.69) is 0 Å². The van der Waals surface area contributed by atoms with Crippen LogP contribution in [-0.4, -0.2) is 68.1 Å². The summed E-state index contributed by atoms with van der Waals surface area (Å²) in [5.74, 6) is -1.58. The molecule has 7 nitrogen and oxygen atoms in total. The van der Waals surface area contributed by atoms with Gasteiger partial charge >= 0.3 is 5.97 Å². The molecule has 4 fully saturated rings. The summed E-state index contributed by atoms with van der Waals surface area (Å²) in [7, 11) is 0. The predicted molar refractivity (Wildman–Crippen MR) is 104 cm³/mol. The van der Waals surface area contributed by atoms with Gasteiger partial charge in [-0.05, 0) is 57.8 Å². The summed E-state index contributed by atoms with van der Waals surface area (Å²) >= 11 is 0. The zero-order valence-corrected chi connectivity index (χ0v) is 17.5. The van der Waals surface area contributed by atoms with Crippen LogP contribution in [0.25, 0.3) is 0 Å². The summed E-state index contributed by atoms with van der Waals surface area (Å²) < 4.78 is 5.27. The fraction of sp³-hybridized carbons (Fsp3) is 0.955. The first-order valence-corrected chi connectivity index (χ1v) is 11.2. The van der Waals surface area contributed by atoms with Crippen LogP contribution in [-0.2, 0) is 9.53 Å². The molecule has 9 atom stereocenters. The molecule has 0 aromatic heterocycles. The largest absolute Gasteiger partial charge is 0.466 e. The molecule has 7 heteroatoms. The summed E-state index contributed by atoms with van der Waals surface area (Å²) in [6.07, 6.45) is 1.63. The van der Waals surface area contributed by atoms with Gasteiger partial charge in [0.25, 0.3) is 0 Å². The average molecular weight is 413 g/mol. The van der Waals surface area contributed by atoms with E-state index >= 15 is 0 Å². The third kappa shape index (κ3) is 2.64. The minimum absolute atomic E-state index is 0.185. The second-order valence-corrected chi connectivity index (χ2v) is 10.4. The maximum atomic E-state index is 12.6. The van der Waals surface area contributed by atoms with Gasteiger partial charge in [-0.3, -0.25) is 4.79 Å². The predicted octanol–water partition coefficient (Wildman–Crippen LogP) is 0.742. The van der Waals surface area contributed by atoms with Crippen molar-refractivity contribution >= 4 is 5.97 Å². The topological polar surface area (TPSA) is 127 Å². The molecular formula is C22H36O7. The average Bonchev–Trinajstić information content (AvgIpc) is 2.92. The minimum Gasteiger partial charge on any atom is -0.466 e. The van der Waals surface area contributed by atoms with Crippen LogP contribution < -0.4 is 0 Å². The lowest BCUT2D eigenvalue weighted by Crippen LogP contribution is -2.72. The van der Waals surface area contributed by atoms with Crippen molar-refractivity contribution in [3.8, 4) is 0 Å². The Bertz CT molecular complexity index is 670. The van der Waals surface area contributed by atoms with Crippen molar-refractivity contribution in [3.63, 3.8) is 0 Å². The number of fused-ring (bicyclic) bond motifs is 5. The van der Waals surface area contributed by atoms with E-state index in [4.69, 9.17) is 4.74 Å². The molecule has 0 spiro atoms. The SMILES string of the molecule is CCOC(=O)[C@@H]1CC[C@]2(O)[C@H]3CC[C@@]4(O)C[C@@H](O)CC[C@]4(CO)[C@@H]3[C@H](O)C[C@@]12C. The smallest absolute Gasteiger partial charge is 0.309 e. The van der Waals surface area contributed by atoms with E-state index in [0.29, 0.717) is 38.5 Å². The van der Waals surface area contributed by atoms with Gasteiger partial charge in [0.15, 0.2) is 0 Å². The first-order chi connectivity index (χ1) is 13.6. The fourth-order valence-electron chi connectivity index (χ4n) is 8.02. The Balaban J connectivity index is 1.74. The van der Waals surface area contributed by atoms with Gasteiger partial charge in [0.2, 0.25) is 0 Å². The highest BCUT2D eigenvalue weighted by Gasteiger charge is 2.73. The maximum Gasteiger partial charge on any atom is 0.309 e. The van der Waals surface area contributed by atoms with E-state index in [1.54, 1.807) is 6.92 Å². The molecule has 0 aromatic carbocycles. The van der Waals surface area contributed by atoms with E-state index in [9.17, 15) is 30.3 Å². The van der Waals surface area contributed by atoms with Gasteiger partial charge in [-0.15, -0.1) is 0 Å². The van der Waals surface area contributed by atoms with Crippen molar-refractivity contribution in [2.75, 3.05) is 13.2 Å². The Labute approximate surface area is 172 Å². The summed E-state index contributed by atoms with van der Waals surface area (Å²) in [5.41, 5.74) is -4.17. The van der Waals surface area contributed by atoms with Crippen molar-refractivity contribution in [1.29, 1.82) is 0 Å². The molecule has 4 aliphatic carbocycles. The maximum absolute atomic E-state index is 12.6. The van der Waals surface area contributed by atoms with Crippen molar-refractivity contribution < 1.29 is 35.1 Å². The van der Waals surface area contributed by atoms with Gasteiger partial charge in [-0.1, -0.05) is 6.92 Å². The number of hydrogen-bond acceptors (Lipinski definition) is 7. The third-order valence-corrected chi connectivity index (χ3v) is 9.45. The van der Waals surface area contributed by atoms with Crippen LogP contribution in [0.2, 0.25) is 0 Å². The van der Waals surface area contributed by atoms with Crippen LogP contribution >= 0.6 is 0 Å². The molecule has 166 valence electrons. The number of hydrogen-bond donors (Lipinski definition) is 5. The number of carbonyl (C=O) groups excluding carboxylic acids is 1. The summed E-state index contributed by atoms with van der Waals surface area (Å²) in [5, 5.41) is 55.4. The van der Waals surface area contributed by atoms with Crippen LogP contribution in [0, 0.1) is 28.6 Å². The molecule has 4 aliphatic rings. The number of aliphatic hydroxyl groups is 5. The van der Waals surface area contributed by atoms with Crippen LogP contribution in [0.4, 0.5) is 0 Å². The Hall–Kier alpha value is -0.730. The molecule has 4 rings (SSSR count). The molecule has 0 radical (unpaired) electrons. The Morgan fingerprint density at radius 2 is 1.79 bits per heavy atom. The Morgan fingerprint density at radius 3 is 2.45 bits per heavy atom. The first-order valence-electron chi connectivity index (χ1n) is 11.2. The van der Waals surface area contributed by atoms with Crippen molar-refractivity contribution in [1.82, 2.24) is 0 Å². The standard InChI is InChI=1S/C22H36O7/c1-3-29-18(26)15-6-9-22(28)14-5-8-21(27)10-13(24)4-7-20(21,12-23)17(14)16(25)11-19(15,22)2/h13-17,23-25,27-28H,3-12H2,1-2H3/t13-,14-,15-,16+,17-,19-,20-,21+,22-/m0/s1. The molecule has 0 unspecified atom stereocenters. The fourth-order valence-corrected chi connectivity index (χ4v) is 8.02. The normalized spacial score (nSPS) is 54.2. The van der Waals surface area contributed by atoms with Crippen LogP contribution in [0.3, 0.4) is 0 Å². The van der Waals surface area contributed by atoms with Crippen LogP contribution in [0.15, 0.2) is 0 Å². The van der Waals surface area contributed by atoms with Crippen molar-refractivity contribution in [2.24, 2.45) is 28.6 Å². The van der Waals surface area contributed by atoms with E-state index in [1.165, 1.54) is 0 Å². The third-order valence-electron chi connectivity index (χ3n) is 9.45. The number of esters is 1. The number of rotatable bonds is 3. The second kappa shape index (κ2) is 6.89. The second-order valence-electron chi connectivity index (χ2n) is 10.4. The minimum atomic E-state index is -1.26. The molecule has 0 aliphatic heterocycles. The lowest BCUT2D eigenvalue weighted by atomic mass is 9.41. The van der Waals surface area contributed by atoms with Gasteiger partial charge in [-0.2, -0.15) is 0 Å². The van der Waals surface area contributed by atoms with Gasteiger partial charge in [-0.25, -0.2) is 0 Å². The summed E-state index contributed by atoms with van der Waals surface area (Å²) in [6, 6.07) is 0. The summed E-state index contributed by atoms with van der Waals surface area (Å²) in [6.45, 7) is 3.64. The van der Waals surface area contributed by atoms with Gasteiger partial charge in [0.1, 0.15) is 0 Å². The first kappa shape index (κ1) is 21.5. The number of aliphatic hydroxyl groups excluding tert-OH is 3. The zero-order chi connectivity index (χ0) is 21.2. The van der Waals surface area contributed by atoms with E-state index in [1.807, 2.05) is 6.92 Å². The monoisotopic (exact) mass is 412 g/mol. The van der Waals surface area contributed by atoms with Crippen molar-refractivity contribution in [2.45, 2.75) is 88.6 Å². The highest BCUT2D eigenvalue weighted by Crippen LogP contribution is 2.69. The molecule has 0 heterocycles. The molecule has 5 N–H and O–H groups in total. The van der Waals surface area contributed by atoms with Crippen LogP contribution in [0.1, 0.15) is 65.2 Å². The highest BCUT2D eigenvalue weighted by atomic mass is 16.5. The lowest BCUT2D eigenvalue weighted by molar-refractivity contribution is -0.293. The van der Waals surface area contributed by atoms with E-state index < -0.39 is 46.1 Å². The number of ether oxygens (including phenoxy) is 1.